The van der Waals surface area contributed by atoms with Crippen molar-refractivity contribution < 1.29 is 27.8 Å². The Morgan fingerprint density at radius 3 is 1.20 bits per heavy atom. The van der Waals surface area contributed by atoms with Gasteiger partial charge in [0.1, 0.15) is 22.8 Å². The Hall–Kier alpha value is -4.32. The summed E-state index contributed by atoms with van der Waals surface area (Å²) in [4.78, 5) is 23.6. The zero-order valence-corrected chi connectivity index (χ0v) is 22.4. The monoisotopic (exact) mass is 540 g/mol. The fraction of sp³-hybridized carbons (Fsp3) is 0.235. The van der Waals surface area contributed by atoms with Crippen LogP contribution in [0.15, 0.2) is 109 Å². The molecule has 0 amide bonds. The Labute approximate surface area is 232 Å². The number of carbonyl (C=O) groups excluding carboxylic acids is 2. The van der Waals surface area contributed by atoms with Crippen molar-refractivity contribution >= 4 is 11.9 Å². The summed E-state index contributed by atoms with van der Waals surface area (Å²) in [7, 11) is 0. The molecule has 0 unspecified atom stereocenters. The van der Waals surface area contributed by atoms with Gasteiger partial charge in [-0.15, -0.1) is 0 Å². The summed E-state index contributed by atoms with van der Waals surface area (Å²) >= 11 is 0. The van der Waals surface area contributed by atoms with Gasteiger partial charge in [-0.1, -0.05) is 84.9 Å². The van der Waals surface area contributed by atoms with Crippen molar-refractivity contribution in [2.75, 3.05) is 0 Å². The van der Waals surface area contributed by atoms with E-state index in [9.17, 15) is 18.4 Å². The molecule has 0 bridgehead atoms. The van der Waals surface area contributed by atoms with Crippen LogP contribution in [0, 0.1) is 11.6 Å². The molecule has 2 heterocycles. The number of halogens is 2. The lowest BCUT2D eigenvalue weighted by molar-refractivity contribution is -0.149. The van der Waals surface area contributed by atoms with Crippen molar-refractivity contribution in [3.05, 3.63) is 143 Å². The van der Waals surface area contributed by atoms with Gasteiger partial charge in [-0.05, 0) is 60.4 Å². The summed E-state index contributed by atoms with van der Waals surface area (Å²) in [5.74, 6) is -1.19. The molecular weight excluding hydrogens is 510 g/mol. The Bertz CT molecular complexity index is 1360. The highest BCUT2D eigenvalue weighted by molar-refractivity contribution is 5.75. The lowest BCUT2D eigenvalue weighted by Gasteiger charge is -2.30. The Balaban J connectivity index is 0.000000161. The van der Waals surface area contributed by atoms with E-state index in [4.69, 9.17) is 9.47 Å². The molecule has 0 aromatic heterocycles. The largest absolute Gasteiger partial charge is 0.454 e. The van der Waals surface area contributed by atoms with E-state index >= 15 is 0 Å². The molecule has 0 aliphatic carbocycles. The number of benzene rings is 4. The van der Waals surface area contributed by atoms with Crippen LogP contribution in [0.25, 0.3) is 0 Å². The molecule has 0 radical (unpaired) electrons. The van der Waals surface area contributed by atoms with Crippen LogP contribution < -0.4 is 0 Å². The van der Waals surface area contributed by atoms with Gasteiger partial charge >= 0.3 is 11.9 Å². The standard InChI is InChI=1S/2C17H15FO2/c2*1-17(13-5-3-2-4-6-13)15(11-16(19)20-17)12-7-9-14(18)10-8-12/h2*2-10,15H,11H2,1H3/t15-,17+;15-,17-/m00/s1. The molecule has 6 heteroatoms. The Morgan fingerprint density at radius 1 is 0.550 bits per heavy atom. The maximum absolute atomic E-state index is 13.1. The summed E-state index contributed by atoms with van der Waals surface area (Å²) in [5.41, 5.74) is 2.36. The number of rotatable bonds is 4. The van der Waals surface area contributed by atoms with E-state index in [1.165, 1.54) is 24.3 Å². The van der Waals surface area contributed by atoms with Crippen LogP contribution in [0.1, 0.15) is 60.8 Å². The highest BCUT2D eigenvalue weighted by Gasteiger charge is 2.48. The van der Waals surface area contributed by atoms with Gasteiger partial charge in [0.05, 0.1) is 12.8 Å². The second-order valence-electron chi connectivity index (χ2n) is 10.5. The van der Waals surface area contributed by atoms with Gasteiger partial charge in [0.25, 0.3) is 0 Å². The minimum atomic E-state index is -0.698. The molecule has 2 saturated heterocycles. The van der Waals surface area contributed by atoms with E-state index in [2.05, 4.69) is 0 Å². The normalized spacial score (nSPS) is 25.5. The van der Waals surface area contributed by atoms with E-state index in [1.807, 2.05) is 74.5 Å². The van der Waals surface area contributed by atoms with E-state index in [0.29, 0.717) is 12.8 Å². The molecule has 4 aromatic rings. The first kappa shape index (κ1) is 27.3. The van der Waals surface area contributed by atoms with Crippen LogP contribution >= 0.6 is 0 Å². The van der Waals surface area contributed by atoms with E-state index in [0.717, 1.165) is 22.3 Å². The third kappa shape index (κ3) is 5.39. The first-order valence-electron chi connectivity index (χ1n) is 13.2. The van der Waals surface area contributed by atoms with Crippen LogP contribution in [0.5, 0.6) is 0 Å². The summed E-state index contributed by atoms with van der Waals surface area (Å²) in [5, 5.41) is 0. The lowest BCUT2D eigenvalue weighted by atomic mass is 9.79. The van der Waals surface area contributed by atoms with Crippen molar-refractivity contribution in [3.8, 4) is 0 Å². The molecule has 0 spiro atoms. The second kappa shape index (κ2) is 11.0. The van der Waals surface area contributed by atoms with Crippen LogP contribution in [0.3, 0.4) is 0 Å². The predicted octanol–water partition coefficient (Wildman–Crippen LogP) is 7.54. The lowest BCUT2D eigenvalue weighted by Crippen LogP contribution is -2.27. The maximum atomic E-state index is 13.1. The minimum absolute atomic E-state index is 0.0991. The molecular formula is C34H30F2O4. The molecule has 2 aliphatic rings. The van der Waals surface area contributed by atoms with Crippen molar-refractivity contribution in [3.63, 3.8) is 0 Å². The van der Waals surface area contributed by atoms with Gasteiger partial charge in [-0.2, -0.15) is 0 Å². The summed E-state index contributed by atoms with van der Waals surface area (Å²) < 4.78 is 37.3. The molecule has 4 nitrogen and oxygen atoms in total. The number of carbonyl (C=O) groups is 2. The second-order valence-corrected chi connectivity index (χ2v) is 10.5. The van der Waals surface area contributed by atoms with Gasteiger partial charge in [0, 0.05) is 11.8 Å². The van der Waals surface area contributed by atoms with E-state index in [-0.39, 0.29) is 35.4 Å². The van der Waals surface area contributed by atoms with E-state index < -0.39 is 11.2 Å². The fourth-order valence-electron chi connectivity index (χ4n) is 5.74. The quantitative estimate of drug-likeness (QED) is 0.251. The van der Waals surface area contributed by atoms with Crippen molar-refractivity contribution in [2.24, 2.45) is 0 Å². The van der Waals surface area contributed by atoms with E-state index in [1.54, 1.807) is 24.3 Å². The highest BCUT2D eigenvalue weighted by atomic mass is 19.1. The molecule has 204 valence electrons. The van der Waals surface area contributed by atoms with Gasteiger partial charge in [-0.25, -0.2) is 8.78 Å². The zero-order valence-electron chi connectivity index (χ0n) is 22.4. The Morgan fingerprint density at radius 2 is 0.875 bits per heavy atom. The average molecular weight is 541 g/mol. The molecule has 2 fully saturated rings. The molecule has 40 heavy (non-hydrogen) atoms. The number of cyclic esters (lactones) is 2. The summed E-state index contributed by atoms with van der Waals surface area (Å²) in [6.45, 7) is 3.84. The molecule has 6 rings (SSSR count). The predicted molar refractivity (Wildman–Crippen MR) is 147 cm³/mol. The highest BCUT2D eigenvalue weighted by Crippen LogP contribution is 2.48. The molecule has 0 saturated carbocycles. The molecule has 2 aliphatic heterocycles. The first-order chi connectivity index (χ1) is 19.2. The Kier molecular flexibility index (Phi) is 7.53. The van der Waals surface area contributed by atoms with Crippen molar-refractivity contribution in [1.82, 2.24) is 0 Å². The molecule has 4 atom stereocenters. The maximum Gasteiger partial charge on any atom is 0.307 e. The molecule has 4 aromatic carbocycles. The fourth-order valence-corrected chi connectivity index (χ4v) is 5.74. The SMILES string of the molecule is C[C@@]1(c2ccccc2)OC(=O)C[C@H]1c1ccc(F)cc1.C[C@]1(c2ccccc2)OC(=O)C[C@H]1c1ccc(F)cc1. The third-order valence-electron chi connectivity index (χ3n) is 7.96. The topological polar surface area (TPSA) is 52.6 Å². The van der Waals surface area contributed by atoms with Crippen molar-refractivity contribution in [2.45, 2.75) is 49.7 Å². The number of esters is 2. The van der Waals surface area contributed by atoms with Crippen LogP contribution in [-0.4, -0.2) is 11.9 Å². The number of hydrogen-bond acceptors (Lipinski definition) is 4. The van der Waals surface area contributed by atoms with Gasteiger partial charge < -0.3 is 9.47 Å². The van der Waals surface area contributed by atoms with Crippen LogP contribution in [-0.2, 0) is 30.3 Å². The number of ether oxygens (including phenoxy) is 2. The van der Waals surface area contributed by atoms with Gasteiger partial charge in [0.2, 0.25) is 0 Å². The number of hydrogen-bond donors (Lipinski definition) is 0. The average Bonchev–Trinajstić information content (AvgIpc) is 3.46. The minimum Gasteiger partial charge on any atom is -0.454 e. The van der Waals surface area contributed by atoms with Gasteiger partial charge in [-0.3, -0.25) is 9.59 Å². The van der Waals surface area contributed by atoms with Crippen molar-refractivity contribution in [1.29, 1.82) is 0 Å². The van der Waals surface area contributed by atoms with Crippen LogP contribution in [0.4, 0.5) is 8.78 Å². The van der Waals surface area contributed by atoms with Crippen LogP contribution in [0.2, 0.25) is 0 Å². The van der Waals surface area contributed by atoms with Gasteiger partial charge in [0.15, 0.2) is 0 Å². The first-order valence-corrected chi connectivity index (χ1v) is 13.2. The zero-order chi connectivity index (χ0) is 28.3. The smallest absolute Gasteiger partial charge is 0.307 e. The summed E-state index contributed by atoms with van der Waals surface area (Å²) in [6.07, 6.45) is 0.633. The third-order valence-corrected chi connectivity index (χ3v) is 7.96. The molecule has 0 N–H and O–H groups in total. The summed E-state index contributed by atoms with van der Waals surface area (Å²) in [6, 6.07) is 32.0.